The molecule has 0 aromatic carbocycles. The second-order valence-electron chi connectivity index (χ2n) is 5.04. The molecule has 1 aliphatic rings. The summed E-state index contributed by atoms with van der Waals surface area (Å²) < 4.78 is 7.72. The predicted octanol–water partition coefficient (Wildman–Crippen LogP) is 0.364. The lowest BCUT2D eigenvalue weighted by Crippen LogP contribution is -2.35. The largest absolute Gasteiger partial charge is 0.379 e. The maximum atomic E-state index is 12.5. The Kier molecular flexibility index (Phi) is 4.72. The van der Waals surface area contributed by atoms with Crippen LogP contribution in [0, 0.1) is 5.92 Å². The monoisotopic (exact) mass is 330 g/mol. The van der Waals surface area contributed by atoms with Gasteiger partial charge in [0.25, 0.3) is 0 Å². The van der Waals surface area contributed by atoms with Crippen molar-refractivity contribution in [2.45, 2.75) is 12.6 Å². The van der Waals surface area contributed by atoms with Gasteiger partial charge in [0, 0.05) is 12.6 Å². The molecule has 0 bridgehead atoms. The number of nitrogens with two attached hydrogens (primary N) is 1. The first-order valence-electron chi connectivity index (χ1n) is 6.24. The molecule has 19 heavy (non-hydrogen) atoms. The third kappa shape index (κ3) is 3.22. The highest BCUT2D eigenvalue weighted by atomic mass is 79.9. The Hall–Kier alpha value is -0.760. The number of carbonyl (C=O) groups is 1. The molecule has 1 fully saturated rings. The molecule has 2 heterocycles. The molecule has 0 amide bonds. The normalized spacial score (nSPS) is 23.2. The molecule has 0 aliphatic carbocycles. The smallest absolute Gasteiger partial charge is 0.189 e. The second-order valence-corrected chi connectivity index (χ2v) is 5.89. The van der Waals surface area contributed by atoms with Crippen molar-refractivity contribution in [3.63, 3.8) is 0 Å². The first-order valence-corrected chi connectivity index (χ1v) is 7.03. The minimum absolute atomic E-state index is 0.00753. The number of ketones is 1. The van der Waals surface area contributed by atoms with Gasteiger partial charge in [-0.15, -0.1) is 0 Å². The van der Waals surface area contributed by atoms with Crippen LogP contribution in [0.1, 0.15) is 10.5 Å². The third-order valence-electron chi connectivity index (χ3n) is 3.25. The maximum absolute atomic E-state index is 12.5. The van der Waals surface area contributed by atoms with Crippen LogP contribution < -0.4 is 5.73 Å². The summed E-state index contributed by atoms with van der Waals surface area (Å²) in [7, 11) is 3.97. The first-order chi connectivity index (χ1) is 9.00. The number of carbonyl (C=O) groups excluding carboxylic acids is 1. The molecule has 2 unspecified atom stereocenters. The van der Waals surface area contributed by atoms with Gasteiger partial charge < -0.3 is 15.4 Å². The summed E-state index contributed by atoms with van der Waals surface area (Å²) in [6.45, 7) is 2.33. The van der Waals surface area contributed by atoms with E-state index in [9.17, 15) is 4.79 Å². The standard InChI is InChI=1S/C12H19BrN4O2/c1-16(2)3-4-17-11(9(13)5-15-17)12(18)8-6-19-7-10(8)14/h5,8,10H,3-4,6-7,14H2,1-2H3. The minimum Gasteiger partial charge on any atom is -0.379 e. The number of Topliss-reactive ketones (excluding diaryl/α,β-unsaturated/α-hetero) is 1. The Labute approximate surface area is 121 Å². The Morgan fingerprint density at radius 2 is 2.37 bits per heavy atom. The molecule has 2 N–H and O–H groups in total. The van der Waals surface area contributed by atoms with Crippen LogP contribution in [0.4, 0.5) is 0 Å². The molecule has 106 valence electrons. The van der Waals surface area contributed by atoms with Gasteiger partial charge in [0.15, 0.2) is 5.78 Å². The molecular formula is C12H19BrN4O2. The maximum Gasteiger partial charge on any atom is 0.189 e. The summed E-state index contributed by atoms with van der Waals surface area (Å²) in [4.78, 5) is 14.6. The number of halogens is 1. The van der Waals surface area contributed by atoms with Crippen molar-refractivity contribution in [1.82, 2.24) is 14.7 Å². The lowest BCUT2D eigenvalue weighted by molar-refractivity contribution is 0.0883. The molecule has 0 spiro atoms. The lowest BCUT2D eigenvalue weighted by Gasteiger charge is -2.15. The van der Waals surface area contributed by atoms with Gasteiger partial charge in [-0.2, -0.15) is 5.10 Å². The van der Waals surface area contributed by atoms with Crippen molar-refractivity contribution in [2.75, 3.05) is 33.9 Å². The van der Waals surface area contributed by atoms with E-state index in [1.807, 2.05) is 19.0 Å². The van der Waals surface area contributed by atoms with Crippen LogP contribution in [0.25, 0.3) is 0 Å². The number of nitrogens with zero attached hydrogens (tertiary/aromatic N) is 3. The number of likely N-dealkylation sites (N-methyl/N-ethyl adjacent to an activating group) is 1. The van der Waals surface area contributed by atoms with E-state index in [-0.39, 0.29) is 17.7 Å². The number of aromatic nitrogens is 2. The van der Waals surface area contributed by atoms with Crippen LogP contribution in [-0.4, -0.2) is 60.4 Å². The molecule has 7 heteroatoms. The van der Waals surface area contributed by atoms with Gasteiger partial charge >= 0.3 is 0 Å². The number of hydrogen-bond acceptors (Lipinski definition) is 5. The van der Waals surface area contributed by atoms with E-state index in [0.29, 0.717) is 25.5 Å². The Morgan fingerprint density at radius 1 is 1.63 bits per heavy atom. The summed E-state index contributed by atoms with van der Waals surface area (Å²) in [5, 5.41) is 4.25. The van der Waals surface area contributed by atoms with Crippen molar-refractivity contribution in [1.29, 1.82) is 0 Å². The molecule has 1 aromatic heterocycles. The molecule has 1 aromatic rings. The van der Waals surface area contributed by atoms with Crippen molar-refractivity contribution < 1.29 is 9.53 Å². The highest BCUT2D eigenvalue weighted by molar-refractivity contribution is 9.10. The Morgan fingerprint density at radius 3 is 2.95 bits per heavy atom. The first kappa shape index (κ1) is 14.6. The Bertz CT molecular complexity index is 461. The van der Waals surface area contributed by atoms with Gasteiger partial charge in [0.05, 0.1) is 36.3 Å². The molecular weight excluding hydrogens is 312 g/mol. The van der Waals surface area contributed by atoms with Crippen molar-refractivity contribution in [3.05, 3.63) is 16.4 Å². The zero-order valence-corrected chi connectivity index (χ0v) is 12.8. The Balaban J connectivity index is 2.18. The van der Waals surface area contributed by atoms with Gasteiger partial charge in [-0.25, -0.2) is 0 Å². The average molecular weight is 331 g/mol. The molecule has 6 nitrogen and oxygen atoms in total. The summed E-state index contributed by atoms with van der Waals surface area (Å²) >= 11 is 3.39. The highest BCUT2D eigenvalue weighted by Crippen LogP contribution is 2.23. The summed E-state index contributed by atoms with van der Waals surface area (Å²) in [6, 6.07) is -0.225. The molecule has 1 aliphatic heterocycles. The zero-order valence-electron chi connectivity index (χ0n) is 11.2. The second kappa shape index (κ2) is 6.13. The van der Waals surface area contributed by atoms with Gasteiger partial charge in [-0.1, -0.05) is 0 Å². The van der Waals surface area contributed by atoms with E-state index in [1.165, 1.54) is 0 Å². The van der Waals surface area contributed by atoms with E-state index < -0.39 is 0 Å². The molecule has 0 radical (unpaired) electrons. The quantitative estimate of drug-likeness (QED) is 0.789. The van der Waals surface area contributed by atoms with Crippen LogP contribution >= 0.6 is 15.9 Å². The van der Waals surface area contributed by atoms with Crippen LogP contribution in [0.15, 0.2) is 10.7 Å². The minimum atomic E-state index is -0.272. The number of hydrogen-bond donors (Lipinski definition) is 1. The van der Waals surface area contributed by atoms with Crippen molar-refractivity contribution >= 4 is 21.7 Å². The van der Waals surface area contributed by atoms with Crippen LogP contribution in [-0.2, 0) is 11.3 Å². The van der Waals surface area contributed by atoms with Gasteiger partial charge in [0.1, 0.15) is 5.69 Å². The van der Waals surface area contributed by atoms with Gasteiger partial charge in [-0.3, -0.25) is 9.48 Å². The highest BCUT2D eigenvalue weighted by Gasteiger charge is 2.34. The molecule has 2 atom stereocenters. The van der Waals surface area contributed by atoms with E-state index in [1.54, 1.807) is 10.9 Å². The lowest BCUT2D eigenvalue weighted by atomic mass is 9.97. The summed E-state index contributed by atoms with van der Waals surface area (Å²) in [5.74, 6) is -0.265. The third-order valence-corrected chi connectivity index (χ3v) is 3.83. The van der Waals surface area contributed by atoms with Crippen LogP contribution in [0.2, 0.25) is 0 Å². The van der Waals surface area contributed by atoms with Crippen LogP contribution in [0.3, 0.4) is 0 Å². The predicted molar refractivity (Wildman–Crippen MR) is 75.1 cm³/mol. The average Bonchev–Trinajstić information content (AvgIpc) is 2.92. The molecule has 1 saturated heterocycles. The molecule has 2 rings (SSSR count). The zero-order chi connectivity index (χ0) is 14.0. The van der Waals surface area contributed by atoms with E-state index in [4.69, 9.17) is 10.5 Å². The van der Waals surface area contributed by atoms with Crippen LogP contribution in [0.5, 0.6) is 0 Å². The van der Waals surface area contributed by atoms with E-state index >= 15 is 0 Å². The number of rotatable bonds is 5. The SMILES string of the molecule is CN(C)CCn1ncc(Br)c1C(=O)C1COCC1N. The topological polar surface area (TPSA) is 73.4 Å². The fourth-order valence-electron chi connectivity index (χ4n) is 2.09. The molecule has 0 saturated carbocycles. The summed E-state index contributed by atoms with van der Waals surface area (Å²) in [5.41, 5.74) is 6.50. The van der Waals surface area contributed by atoms with E-state index in [2.05, 4.69) is 21.0 Å². The number of ether oxygens (including phenoxy) is 1. The van der Waals surface area contributed by atoms with Crippen molar-refractivity contribution in [2.24, 2.45) is 11.7 Å². The van der Waals surface area contributed by atoms with Gasteiger partial charge in [-0.05, 0) is 30.0 Å². The van der Waals surface area contributed by atoms with Gasteiger partial charge in [0.2, 0.25) is 0 Å². The van der Waals surface area contributed by atoms with E-state index in [0.717, 1.165) is 11.0 Å². The fraction of sp³-hybridized carbons (Fsp3) is 0.667. The van der Waals surface area contributed by atoms with Crippen molar-refractivity contribution in [3.8, 4) is 0 Å². The summed E-state index contributed by atoms with van der Waals surface area (Å²) in [6.07, 6.45) is 1.66. The fourth-order valence-corrected chi connectivity index (χ4v) is 2.58.